The van der Waals surface area contributed by atoms with Crippen LogP contribution >= 0.6 is 0 Å². The zero-order valence-corrected chi connectivity index (χ0v) is 10.7. The maximum Gasteiger partial charge on any atom is 0.371 e. The number of aliphatic hydroxyl groups is 1. The number of fused-ring (bicyclic) bond motifs is 1. The average Bonchev–Trinajstić information content (AvgIpc) is 2.96. The molecule has 3 rings (SSSR count). The molecule has 2 N–H and O–H groups in total. The first-order chi connectivity index (χ1) is 9.66. The molecule has 0 amide bonds. The highest BCUT2D eigenvalue weighted by Gasteiger charge is 2.30. The summed E-state index contributed by atoms with van der Waals surface area (Å²) in [7, 11) is 0. The number of aromatic carboxylic acids is 1. The average molecular weight is 274 g/mol. The predicted octanol–water partition coefficient (Wildman–Crippen LogP) is 2.33. The largest absolute Gasteiger partial charge is 0.475 e. The van der Waals surface area contributed by atoms with E-state index in [2.05, 4.69) is 0 Å². The van der Waals surface area contributed by atoms with Gasteiger partial charge in [-0.15, -0.1) is 0 Å². The van der Waals surface area contributed by atoms with Gasteiger partial charge >= 0.3 is 5.97 Å². The second-order valence-corrected chi connectivity index (χ2v) is 4.69. The quantitative estimate of drug-likeness (QED) is 0.897. The van der Waals surface area contributed by atoms with Crippen molar-refractivity contribution in [3.05, 3.63) is 59.0 Å². The Morgan fingerprint density at radius 2 is 2.05 bits per heavy atom. The van der Waals surface area contributed by atoms with Crippen molar-refractivity contribution in [2.24, 2.45) is 0 Å². The summed E-state index contributed by atoms with van der Waals surface area (Å²) in [6.07, 6.45) is -0.755. The van der Waals surface area contributed by atoms with Crippen LogP contribution in [0.4, 0.5) is 0 Å². The number of carboxylic acid groups (broad SMARTS) is 1. The van der Waals surface area contributed by atoms with Crippen molar-refractivity contribution in [3.8, 4) is 0 Å². The van der Waals surface area contributed by atoms with E-state index in [0.29, 0.717) is 6.61 Å². The van der Waals surface area contributed by atoms with Gasteiger partial charge in [-0.2, -0.15) is 0 Å². The Bertz CT molecular complexity index is 631. The summed E-state index contributed by atoms with van der Waals surface area (Å²) in [5.74, 6) is -1.15. The molecule has 5 nitrogen and oxygen atoms in total. The summed E-state index contributed by atoms with van der Waals surface area (Å²) in [6.45, 7) is 0.519. The first-order valence-electron chi connectivity index (χ1n) is 6.37. The molecular formula is C15H14O5. The van der Waals surface area contributed by atoms with Crippen LogP contribution in [-0.2, 0) is 11.2 Å². The highest BCUT2D eigenvalue weighted by Crippen LogP contribution is 2.37. The summed E-state index contributed by atoms with van der Waals surface area (Å²) in [4.78, 5) is 10.8. The highest BCUT2D eigenvalue weighted by atomic mass is 16.5. The predicted molar refractivity (Wildman–Crippen MR) is 69.5 cm³/mol. The van der Waals surface area contributed by atoms with Gasteiger partial charge in [0.1, 0.15) is 18.0 Å². The van der Waals surface area contributed by atoms with E-state index in [0.717, 1.165) is 17.5 Å². The summed E-state index contributed by atoms with van der Waals surface area (Å²) in [5.41, 5.74) is 2.05. The van der Waals surface area contributed by atoms with Crippen LogP contribution < -0.4 is 0 Å². The molecule has 2 atom stereocenters. The third-order valence-corrected chi connectivity index (χ3v) is 3.45. The highest BCUT2D eigenvalue weighted by molar-refractivity contribution is 5.84. The zero-order valence-electron chi connectivity index (χ0n) is 10.7. The fraction of sp³-hybridized carbons (Fsp3) is 0.267. The summed E-state index contributed by atoms with van der Waals surface area (Å²) < 4.78 is 10.8. The molecule has 20 heavy (non-hydrogen) atoms. The fourth-order valence-corrected chi connectivity index (χ4v) is 2.46. The first kappa shape index (κ1) is 12.9. The molecule has 0 spiro atoms. The number of aliphatic hydroxyl groups excluding tert-OH is 1. The van der Waals surface area contributed by atoms with E-state index in [-0.39, 0.29) is 11.5 Å². The molecule has 1 aliphatic heterocycles. The minimum absolute atomic E-state index is 0.192. The van der Waals surface area contributed by atoms with Gasteiger partial charge in [-0.25, -0.2) is 4.79 Å². The molecule has 1 aromatic heterocycles. The number of furan rings is 1. The Morgan fingerprint density at radius 3 is 2.80 bits per heavy atom. The number of ether oxygens (including phenoxy) is 1. The second kappa shape index (κ2) is 5.11. The van der Waals surface area contributed by atoms with Gasteiger partial charge in [-0.3, -0.25) is 0 Å². The summed E-state index contributed by atoms with van der Waals surface area (Å²) in [5, 5.41) is 19.2. The number of benzene rings is 1. The van der Waals surface area contributed by atoms with Crippen LogP contribution in [0.25, 0.3) is 0 Å². The molecule has 1 aromatic carbocycles. The number of carboxylic acids is 1. The summed E-state index contributed by atoms with van der Waals surface area (Å²) >= 11 is 0. The smallest absolute Gasteiger partial charge is 0.371 e. The monoisotopic (exact) mass is 274 g/mol. The Balaban J connectivity index is 1.91. The minimum atomic E-state index is -1.16. The lowest BCUT2D eigenvalue weighted by atomic mass is 9.93. The molecule has 0 saturated heterocycles. The topological polar surface area (TPSA) is 79.9 Å². The molecule has 104 valence electrons. The minimum Gasteiger partial charge on any atom is -0.475 e. The Labute approximate surface area is 115 Å². The van der Waals surface area contributed by atoms with Gasteiger partial charge in [0.25, 0.3) is 0 Å². The Hall–Kier alpha value is -2.11. The summed E-state index contributed by atoms with van der Waals surface area (Å²) in [6, 6.07) is 10.5. The Morgan fingerprint density at radius 1 is 1.25 bits per heavy atom. The Kier molecular flexibility index (Phi) is 3.30. The molecule has 0 radical (unpaired) electrons. The molecule has 5 heteroatoms. The van der Waals surface area contributed by atoms with Crippen LogP contribution in [0.2, 0.25) is 0 Å². The molecule has 2 heterocycles. The van der Waals surface area contributed by atoms with Gasteiger partial charge < -0.3 is 19.4 Å². The zero-order chi connectivity index (χ0) is 14.1. The second-order valence-electron chi connectivity index (χ2n) is 4.69. The lowest BCUT2D eigenvalue weighted by Gasteiger charge is -2.28. The first-order valence-corrected chi connectivity index (χ1v) is 6.37. The fourth-order valence-electron chi connectivity index (χ4n) is 2.46. The number of hydrogen-bond donors (Lipinski definition) is 2. The lowest BCUT2D eigenvalue weighted by molar-refractivity contribution is -0.0565. The number of rotatable bonds is 3. The van der Waals surface area contributed by atoms with E-state index in [1.54, 1.807) is 0 Å². The van der Waals surface area contributed by atoms with E-state index >= 15 is 0 Å². The van der Waals surface area contributed by atoms with Crippen molar-refractivity contribution in [3.63, 3.8) is 0 Å². The molecule has 1 aliphatic rings. The van der Waals surface area contributed by atoms with Gasteiger partial charge in [0.05, 0.1) is 6.61 Å². The van der Waals surface area contributed by atoms with Gasteiger partial charge in [0, 0.05) is 0 Å². The SMILES string of the molecule is O=C(O)c1ccc(C(O)C2OCCc3ccccc32)o1. The van der Waals surface area contributed by atoms with Crippen molar-refractivity contribution < 1.29 is 24.2 Å². The van der Waals surface area contributed by atoms with Gasteiger partial charge in [0.15, 0.2) is 0 Å². The van der Waals surface area contributed by atoms with Gasteiger partial charge in [0.2, 0.25) is 5.76 Å². The molecule has 0 aliphatic carbocycles. The number of carbonyl (C=O) groups is 1. The third kappa shape index (κ3) is 2.21. The molecule has 2 unspecified atom stereocenters. The van der Waals surface area contributed by atoms with Crippen LogP contribution in [0.1, 0.15) is 39.6 Å². The van der Waals surface area contributed by atoms with Crippen molar-refractivity contribution >= 4 is 5.97 Å². The van der Waals surface area contributed by atoms with E-state index in [4.69, 9.17) is 14.3 Å². The van der Waals surface area contributed by atoms with Crippen LogP contribution in [0.3, 0.4) is 0 Å². The van der Waals surface area contributed by atoms with Crippen LogP contribution in [-0.4, -0.2) is 22.8 Å². The van der Waals surface area contributed by atoms with Crippen molar-refractivity contribution in [2.45, 2.75) is 18.6 Å². The molecular weight excluding hydrogens is 260 g/mol. The van der Waals surface area contributed by atoms with E-state index in [1.807, 2.05) is 24.3 Å². The van der Waals surface area contributed by atoms with Crippen LogP contribution in [0, 0.1) is 0 Å². The van der Waals surface area contributed by atoms with Crippen molar-refractivity contribution in [1.29, 1.82) is 0 Å². The van der Waals surface area contributed by atoms with Gasteiger partial charge in [-0.05, 0) is 29.7 Å². The molecule has 0 bridgehead atoms. The lowest BCUT2D eigenvalue weighted by Crippen LogP contribution is -2.21. The molecule has 2 aromatic rings. The maximum absolute atomic E-state index is 10.8. The van der Waals surface area contributed by atoms with Crippen LogP contribution in [0.5, 0.6) is 0 Å². The standard InChI is InChI=1S/C15H14O5/c16-13(11-5-6-12(20-11)15(17)18)14-10-4-2-1-3-9(10)7-8-19-14/h1-6,13-14,16H,7-8H2,(H,17,18). The normalized spacial score (nSPS) is 19.4. The van der Waals surface area contributed by atoms with E-state index in [9.17, 15) is 9.90 Å². The van der Waals surface area contributed by atoms with E-state index < -0.39 is 18.2 Å². The van der Waals surface area contributed by atoms with Crippen molar-refractivity contribution in [2.75, 3.05) is 6.61 Å². The third-order valence-electron chi connectivity index (χ3n) is 3.45. The van der Waals surface area contributed by atoms with E-state index in [1.165, 1.54) is 12.1 Å². The molecule has 0 saturated carbocycles. The van der Waals surface area contributed by atoms with Crippen molar-refractivity contribution in [1.82, 2.24) is 0 Å². The van der Waals surface area contributed by atoms with Gasteiger partial charge in [-0.1, -0.05) is 24.3 Å². The maximum atomic E-state index is 10.8. The van der Waals surface area contributed by atoms with Crippen LogP contribution in [0.15, 0.2) is 40.8 Å². The molecule has 0 fully saturated rings. The number of hydrogen-bond acceptors (Lipinski definition) is 4.